The van der Waals surface area contributed by atoms with E-state index in [1.807, 2.05) is 0 Å². The van der Waals surface area contributed by atoms with Crippen molar-refractivity contribution in [1.29, 1.82) is 0 Å². The second kappa shape index (κ2) is 4.99. The van der Waals surface area contributed by atoms with Crippen molar-refractivity contribution in [3.05, 3.63) is 35.4 Å². The summed E-state index contributed by atoms with van der Waals surface area (Å²) in [4.78, 5) is 0. The third kappa shape index (κ3) is 2.93. The molecule has 0 aliphatic heterocycles. The van der Waals surface area contributed by atoms with Crippen molar-refractivity contribution in [2.45, 2.75) is 49.9 Å². The molecule has 0 aliphatic carbocycles. The van der Waals surface area contributed by atoms with Crippen LogP contribution in [0.2, 0.25) is 0 Å². The molecule has 0 saturated heterocycles. The van der Waals surface area contributed by atoms with Gasteiger partial charge in [0.25, 0.3) is 0 Å². The van der Waals surface area contributed by atoms with Crippen LogP contribution in [0.25, 0.3) is 0 Å². The molecule has 1 rings (SSSR count). The first-order chi connectivity index (χ1) is 7.33. The second-order valence-electron chi connectivity index (χ2n) is 5.42. The Morgan fingerprint density at radius 3 is 1.81 bits per heavy atom. The Morgan fingerprint density at radius 1 is 1.00 bits per heavy atom. The maximum absolute atomic E-state index is 4.13. The largest absolute Gasteiger partial charge is 0.119 e. The van der Waals surface area contributed by atoms with Crippen LogP contribution in [0.15, 0.2) is 24.3 Å². The lowest BCUT2D eigenvalue weighted by atomic mass is 9.81. The van der Waals surface area contributed by atoms with Gasteiger partial charge in [-0.2, -0.15) is 0 Å². The van der Waals surface area contributed by atoms with Gasteiger partial charge in [-0.3, -0.25) is 0 Å². The molecule has 0 atom stereocenters. The third-order valence-corrected chi connectivity index (χ3v) is 6.10. The van der Waals surface area contributed by atoms with Crippen molar-refractivity contribution in [3.8, 4) is 0 Å². The zero-order valence-corrected chi connectivity index (χ0v) is 13.3. The minimum atomic E-state index is -0.0101. The first-order valence-corrected chi connectivity index (χ1v) is 8.44. The zero-order chi connectivity index (χ0) is 12.4. The van der Waals surface area contributed by atoms with E-state index < -0.39 is 0 Å². The average Bonchev–Trinajstić information content (AvgIpc) is 2.29. The highest BCUT2D eigenvalue weighted by molar-refractivity contribution is 14.2. The summed E-state index contributed by atoms with van der Waals surface area (Å²) in [7, 11) is 0. The maximum atomic E-state index is 4.13. The van der Waals surface area contributed by atoms with Gasteiger partial charge in [0.15, 0.2) is 0 Å². The van der Waals surface area contributed by atoms with E-state index >= 15 is 0 Å². The smallest absolute Gasteiger partial charge is 0.0361 e. The molecule has 16 heavy (non-hydrogen) atoms. The Labute approximate surface area is 110 Å². The van der Waals surface area contributed by atoms with E-state index in [-0.39, 0.29) is 20.7 Å². The van der Waals surface area contributed by atoms with E-state index in [0.29, 0.717) is 8.84 Å². The molecule has 90 valence electrons. The van der Waals surface area contributed by atoms with Gasteiger partial charge in [-0.05, 0) is 36.8 Å². The van der Waals surface area contributed by atoms with Gasteiger partial charge >= 0.3 is 0 Å². The molecule has 0 heterocycles. The summed E-state index contributed by atoms with van der Waals surface area (Å²) in [5, 5.41) is 0. The molecule has 0 radical (unpaired) electrons. The fourth-order valence-corrected chi connectivity index (χ4v) is 2.40. The molecule has 0 fully saturated rings. The Balaban J connectivity index is 3.05. The van der Waals surface area contributed by atoms with Gasteiger partial charge in [0, 0.05) is 3.42 Å². The van der Waals surface area contributed by atoms with Crippen LogP contribution in [0.4, 0.5) is 0 Å². The molecular weight excluding hydrogens is 307 g/mol. The average molecular weight is 330 g/mol. The van der Waals surface area contributed by atoms with Gasteiger partial charge in [0.05, 0.1) is 0 Å². The summed E-state index contributed by atoms with van der Waals surface area (Å²) < 4.78 is 4.43. The van der Waals surface area contributed by atoms with Gasteiger partial charge in [0.2, 0.25) is 0 Å². The van der Waals surface area contributed by atoms with Crippen LogP contribution in [0.3, 0.4) is 0 Å². The highest BCUT2D eigenvalue weighted by atomic mass is 127. The number of rotatable bonds is 4. The van der Waals surface area contributed by atoms with Crippen LogP contribution < -0.4 is 0 Å². The lowest BCUT2D eigenvalue weighted by Gasteiger charge is -2.25. The Kier molecular flexibility index (Phi) is 4.33. The number of hydrogen-bond acceptors (Lipinski definition) is 0. The summed E-state index contributed by atoms with van der Waals surface area (Å²) in [5.74, 6) is 0. The number of hydrogen-bond donors (Lipinski definition) is 0. The number of benzene rings is 1. The Morgan fingerprint density at radius 2 is 1.44 bits per heavy atom. The van der Waals surface area contributed by atoms with Crippen LogP contribution in [0.5, 0.6) is 0 Å². The summed E-state index contributed by atoms with van der Waals surface area (Å²) in [5.41, 5.74) is 3.17. The molecule has 1 aromatic carbocycles. The van der Waals surface area contributed by atoms with Crippen molar-refractivity contribution in [3.63, 3.8) is 0 Å². The Bertz CT molecular complexity index is 358. The van der Waals surface area contributed by atoms with Gasteiger partial charge in [-0.15, -0.1) is 20.7 Å². The molecule has 0 N–H and O–H groups in total. The fraction of sp³-hybridized carbons (Fsp3) is 0.533. The van der Waals surface area contributed by atoms with E-state index in [2.05, 4.69) is 63.4 Å². The van der Waals surface area contributed by atoms with Gasteiger partial charge in [-0.1, -0.05) is 49.6 Å². The standard InChI is InChI=1S/C15H23I/c1-7-14(2,3)12-8-10-13(11-9-12)15(4,5)16-6/h8-11H,6-7H2,1-5H3. The molecule has 0 bridgehead atoms. The van der Waals surface area contributed by atoms with E-state index in [1.54, 1.807) is 0 Å². The van der Waals surface area contributed by atoms with Crippen molar-refractivity contribution < 1.29 is 0 Å². The minimum Gasteiger partial charge on any atom is -0.119 e. The van der Waals surface area contributed by atoms with Crippen molar-refractivity contribution in [2.24, 2.45) is 0 Å². The first kappa shape index (κ1) is 13.9. The number of halogens is 1. The molecule has 0 amide bonds. The van der Waals surface area contributed by atoms with Gasteiger partial charge in [0.1, 0.15) is 0 Å². The van der Waals surface area contributed by atoms with Crippen molar-refractivity contribution in [1.82, 2.24) is 0 Å². The summed E-state index contributed by atoms with van der Waals surface area (Å²) in [6, 6.07) is 9.16. The van der Waals surface area contributed by atoms with Gasteiger partial charge in [-0.25, -0.2) is 0 Å². The SMILES string of the molecule is C=IC(C)(C)c1ccc(C(C)(C)CC)cc1. The zero-order valence-electron chi connectivity index (χ0n) is 11.1. The topological polar surface area (TPSA) is 0 Å². The highest BCUT2D eigenvalue weighted by Gasteiger charge is 2.20. The molecule has 1 aromatic rings. The van der Waals surface area contributed by atoms with Crippen LogP contribution in [-0.2, 0) is 8.84 Å². The van der Waals surface area contributed by atoms with Crippen molar-refractivity contribution >= 4 is 25.2 Å². The minimum absolute atomic E-state index is 0.0101. The van der Waals surface area contributed by atoms with Crippen LogP contribution >= 0.6 is 20.7 Å². The van der Waals surface area contributed by atoms with Crippen LogP contribution in [-0.4, -0.2) is 4.51 Å². The van der Waals surface area contributed by atoms with E-state index in [9.17, 15) is 0 Å². The molecule has 0 unspecified atom stereocenters. The molecule has 0 saturated carbocycles. The molecule has 0 spiro atoms. The summed E-state index contributed by atoms with van der Waals surface area (Å²) in [6.45, 7) is 11.5. The number of alkyl halides is 1. The predicted octanol–water partition coefficient (Wildman–Crippen LogP) is 5.01. The molecule has 0 aromatic heterocycles. The lowest BCUT2D eigenvalue weighted by Crippen LogP contribution is -2.16. The van der Waals surface area contributed by atoms with Crippen molar-refractivity contribution in [2.75, 3.05) is 0 Å². The normalized spacial score (nSPS) is 12.8. The van der Waals surface area contributed by atoms with E-state index in [4.69, 9.17) is 0 Å². The lowest BCUT2D eigenvalue weighted by molar-refractivity contribution is 0.506. The third-order valence-electron chi connectivity index (χ3n) is 3.57. The monoisotopic (exact) mass is 330 g/mol. The fourth-order valence-electron chi connectivity index (χ4n) is 1.60. The van der Waals surface area contributed by atoms with E-state index in [1.165, 1.54) is 17.5 Å². The molecular formula is C15H23I. The van der Waals surface area contributed by atoms with Crippen LogP contribution in [0, 0.1) is 0 Å². The summed E-state index contributed by atoms with van der Waals surface area (Å²) >= 11 is -0.0101. The molecule has 1 heteroatoms. The maximum Gasteiger partial charge on any atom is 0.0361 e. The quantitative estimate of drug-likeness (QED) is 0.538. The molecule has 0 nitrogen and oxygen atoms in total. The van der Waals surface area contributed by atoms with Gasteiger partial charge < -0.3 is 0 Å². The van der Waals surface area contributed by atoms with E-state index in [0.717, 1.165) is 0 Å². The summed E-state index contributed by atoms with van der Waals surface area (Å²) in [6.07, 6.45) is 1.18. The highest BCUT2D eigenvalue weighted by Crippen LogP contribution is 2.35. The predicted molar refractivity (Wildman–Crippen MR) is 83.9 cm³/mol. The van der Waals surface area contributed by atoms with Crippen LogP contribution in [0.1, 0.15) is 52.2 Å². The first-order valence-electron chi connectivity index (χ1n) is 5.84. The second-order valence-corrected chi connectivity index (χ2v) is 8.88. The molecule has 0 aliphatic rings. The Hall–Kier alpha value is -0.180.